The quantitative estimate of drug-likeness (QED) is 0.835. The molecule has 0 aromatic rings. The monoisotopic (exact) mass is 281 g/mol. The molecule has 0 atom stereocenters. The molecule has 1 amide bonds. The molecule has 0 aromatic heterocycles. The molecule has 0 unspecified atom stereocenters. The van der Waals surface area contributed by atoms with E-state index in [1.54, 1.807) is 0 Å². The smallest absolute Gasteiger partial charge is 0.234 e. The molecule has 1 aliphatic heterocycles. The number of hydrogen-bond donors (Lipinski definition) is 1. The number of piperidine rings is 1. The number of carbonyl (C=O) groups is 1. The summed E-state index contributed by atoms with van der Waals surface area (Å²) in [5.41, 5.74) is 0. The van der Waals surface area contributed by atoms with Crippen molar-refractivity contribution in [3.8, 4) is 0 Å². The van der Waals surface area contributed by atoms with E-state index in [0.29, 0.717) is 18.6 Å². The van der Waals surface area contributed by atoms with Crippen LogP contribution in [-0.2, 0) is 4.79 Å². The van der Waals surface area contributed by atoms with E-state index in [0.717, 1.165) is 32.5 Å². The lowest BCUT2D eigenvalue weighted by atomic mass is 9.94. The van der Waals surface area contributed by atoms with Crippen molar-refractivity contribution >= 4 is 5.91 Å². The molecule has 4 heteroatoms. The van der Waals surface area contributed by atoms with Crippen molar-refractivity contribution in [3.05, 3.63) is 0 Å². The lowest BCUT2D eigenvalue weighted by Crippen LogP contribution is -2.48. The average Bonchev–Trinajstić information content (AvgIpc) is 2.49. The van der Waals surface area contributed by atoms with Crippen LogP contribution in [0, 0.1) is 0 Å². The van der Waals surface area contributed by atoms with Gasteiger partial charge in [-0.2, -0.15) is 0 Å². The second-order valence-corrected chi connectivity index (χ2v) is 6.48. The summed E-state index contributed by atoms with van der Waals surface area (Å²) in [5, 5.41) is 3.23. The molecular formula is C16H31N3O. The van der Waals surface area contributed by atoms with Gasteiger partial charge in [0.05, 0.1) is 6.54 Å². The lowest BCUT2D eigenvalue weighted by molar-refractivity contribution is -0.123. The third kappa shape index (κ3) is 4.74. The SMILES string of the molecule is CCN1CCC(NC(=O)CN(C)C2CCCCC2)CC1. The summed E-state index contributed by atoms with van der Waals surface area (Å²) in [6.07, 6.45) is 8.75. The molecule has 0 spiro atoms. The number of likely N-dealkylation sites (N-methyl/N-ethyl adjacent to an activating group) is 1. The molecule has 2 rings (SSSR count). The van der Waals surface area contributed by atoms with Gasteiger partial charge in [-0.1, -0.05) is 26.2 Å². The van der Waals surface area contributed by atoms with Crippen molar-refractivity contribution in [1.82, 2.24) is 15.1 Å². The predicted octanol–water partition coefficient (Wildman–Crippen LogP) is 1.85. The topological polar surface area (TPSA) is 35.6 Å². The number of nitrogens with one attached hydrogen (secondary N) is 1. The van der Waals surface area contributed by atoms with Crippen molar-refractivity contribution in [3.63, 3.8) is 0 Å². The minimum absolute atomic E-state index is 0.216. The number of hydrogen-bond acceptors (Lipinski definition) is 3. The molecular weight excluding hydrogens is 250 g/mol. The van der Waals surface area contributed by atoms with Crippen LogP contribution >= 0.6 is 0 Å². The third-order valence-electron chi connectivity index (χ3n) is 4.99. The van der Waals surface area contributed by atoms with E-state index in [2.05, 4.69) is 29.1 Å². The number of likely N-dealkylation sites (tertiary alicyclic amines) is 1. The first-order valence-corrected chi connectivity index (χ1v) is 8.41. The number of rotatable bonds is 5. The van der Waals surface area contributed by atoms with Gasteiger partial charge >= 0.3 is 0 Å². The maximum absolute atomic E-state index is 12.1. The molecule has 1 N–H and O–H groups in total. The highest BCUT2D eigenvalue weighted by atomic mass is 16.2. The summed E-state index contributed by atoms with van der Waals surface area (Å²) in [6, 6.07) is 1.02. The van der Waals surface area contributed by atoms with E-state index in [9.17, 15) is 4.79 Å². The highest BCUT2D eigenvalue weighted by molar-refractivity contribution is 5.78. The Morgan fingerprint density at radius 2 is 1.80 bits per heavy atom. The Morgan fingerprint density at radius 3 is 2.40 bits per heavy atom. The van der Waals surface area contributed by atoms with Crippen LogP contribution in [0.2, 0.25) is 0 Å². The molecule has 1 heterocycles. The summed E-state index contributed by atoms with van der Waals surface area (Å²) in [6.45, 7) is 6.15. The Bertz CT molecular complexity index is 294. The molecule has 2 aliphatic rings. The molecule has 1 aliphatic carbocycles. The van der Waals surface area contributed by atoms with Crippen molar-refractivity contribution in [2.24, 2.45) is 0 Å². The molecule has 1 saturated heterocycles. The summed E-state index contributed by atoms with van der Waals surface area (Å²) in [4.78, 5) is 16.9. The van der Waals surface area contributed by atoms with Crippen LogP contribution in [0.1, 0.15) is 51.9 Å². The van der Waals surface area contributed by atoms with E-state index < -0.39 is 0 Å². The van der Waals surface area contributed by atoms with E-state index in [1.807, 2.05) is 0 Å². The normalized spacial score (nSPS) is 23.1. The van der Waals surface area contributed by atoms with Crippen LogP contribution in [0.4, 0.5) is 0 Å². The zero-order valence-corrected chi connectivity index (χ0v) is 13.2. The minimum atomic E-state index is 0.216. The van der Waals surface area contributed by atoms with Gasteiger partial charge in [-0.15, -0.1) is 0 Å². The van der Waals surface area contributed by atoms with Gasteiger partial charge in [0, 0.05) is 25.2 Å². The van der Waals surface area contributed by atoms with E-state index in [-0.39, 0.29) is 5.91 Å². The first-order valence-electron chi connectivity index (χ1n) is 8.41. The van der Waals surface area contributed by atoms with Gasteiger partial charge in [0.1, 0.15) is 0 Å². The highest BCUT2D eigenvalue weighted by Gasteiger charge is 2.23. The van der Waals surface area contributed by atoms with Gasteiger partial charge < -0.3 is 10.2 Å². The fraction of sp³-hybridized carbons (Fsp3) is 0.938. The Labute approximate surface area is 123 Å². The molecule has 4 nitrogen and oxygen atoms in total. The van der Waals surface area contributed by atoms with Crippen LogP contribution in [0.15, 0.2) is 0 Å². The standard InChI is InChI=1S/C16H31N3O/c1-3-19-11-9-14(10-12-19)17-16(20)13-18(2)15-7-5-4-6-8-15/h14-15H,3-13H2,1-2H3,(H,17,20). The first-order chi connectivity index (χ1) is 9.69. The molecule has 2 fully saturated rings. The van der Waals surface area contributed by atoms with E-state index >= 15 is 0 Å². The molecule has 0 aromatic carbocycles. The van der Waals surface area contributed by atoms with Gasteiger partial charge in [-0.05, 0) is 39.3 Å². The Hall–Kier alpha value is -0.610. The zero-order chi connectivity index (χ0) is 14.4. The molecule has 0 radical (unpaired) electrons. The van der Waals surface area contributed by atoms with Crippen molar-refractivity contribution in [1.29, 1.82) is 0 Å². The summed E-state index contributed by atoms with van der Waals surface area (Å²) < 4.78 is 0. The predicted molar refractivity (Wildman–Crippen MR) is 82.8 cm³/mol. The second kappa shape index (κ2) is 7.99. The molecule has 0 bridgehead atoms. The largest absolute Gasteiger partial charge is 0.352 e. The van der Waals surface area contributed by atoms with Gasteiger partial charge in [-0.25, -0.2) is 0 Å². The second-order valence-electron chi connectivity index (χ2n) is 6.48. The van der Waals surface area contributed by atoms with Crippen LogP contribution < -0.4 is 5.32 Å². The maximum Gasteiger partial charge on any atom is 0.234 e. The van der Waals surface area contributed by atoms with E-state index in [1.165, 1.54) is 32.1 Å². The van der Waals surface area contributed by atoms with Crippen LogP contribution in [0.3, 0.4) is 0 Å². The number of amides is 1. The van der Waals surface area contributed by atoms with Crippen LogP contribution in [0.25, 0.3) is 0 Å². The molecule has 116 valence electrons. The van der Waals surface area contributed by atoms with Crippen LogP contribution in [-0.4, -0.2) is 61.0 Å². The van der Waals surface area contributed by atoms with E-state index in [4.69, 9.17) is 0 Å². The molecule has 1 saturated carbocycles. The Balaban J connectivity index is 1.67. The third-order valence-corrected chi connectivity index (χ3v) is 4.99. The Morgan fingerprint density at radius 1 is 1.15 bits per heavy atom. The summed E-state index contributed by atoms with van der Waals surface area (Å²) in [7, 11) is 2.11. The highest BCUT2D eigenvalue weighted by Crippen LogP contribution is 2.21. The van der Waals surface area contributed by atoms with Gasteiger partial charge in [0.2, 0.25) is 5.91 Å². The lowest BCUT2D eigenvalue weighted by Gasteiger charge is -2.33. The summed E-state index contributed by atoms with van der Waals surface area (Å²) in [5.74, 6) is 0.216. The minimum Gasteiger partial charge on any atom is -0.352 e. The Kier molecular flexibility index (Phi) is 6.30. The summed E-state index contributed by atoms with van der Waals surface area (Å²) >= 11 is 0. The first kappa shape index (κ1) is 15.8. The average molecular weight is 281 g/mol. The maximum atomic E-state index is 12.1. The van der Waals surface area contributed by atoms with Crippen molar-refractivity contribution in [2.75, 3.05) is 33.2 Å². The number of carbonyl (C=O) groups excluding carboxylic acids is 1. The fourth-order valence-electron chi connectivity index (χ4n) is 3.54. The molecule has 20 heavy (non-hydrogen) atoms. The van der Waals surface area contributed by atoms with Crippen LogP contribution in [0.5, 0.6) is 0 Å². The van der Waals surface area contributed by atoms with Gasteiger partial charge in [-0.3, -0.25) is 9.69 Å². The fourth-order valence-corrected chi connectivity index (χ4v) is 3.54. The number of nitrogens with zero attached hydrogens (tertiary/aromatic N) is 2. The van der Waals surface area contributed by atoms with Crippen molar-refractivity contribution < 1.29 is 4.79 Å². The van der Waals surface area contributed by atoms with Crippen molar-refractivity contribution in [2.45, 2.75) is 64.0 Å². The zero-order valence-electron chi connectivity index (χ0n) is 13.2. The van der Waals surface area contributed by atoms with Gasteiger partial charge in [0.15, 0.2) is 0 Å². The van der Waals surface area contributed by atoms with Gasteiger partial charge in [0.25, 0.3) is 0 Å².